The highest BCUT2D eigenvalue weighted by molar-refractivity contribution is 9.10. The van der Waals surface area contributed by atoms with Crippen LogP contribution in [-0.4, -0.2) is 14.2 Å². The van der Waals surface area contributed by atoms with Gasteiger partial charge in [-0.05, 0) is 40.8 Å². The minimum absolute atomic E-state index is 0.291. The SMILES string of the molecule is O=S(=O)(CC1CCCCC1)NCc1cc(Br)cs1. The van der Waals surface area contributed by atoms with Crippen LogP contribution in [0.4, 0.5) is 0 Å². The molecule has 1 fully saturated rings. The molecule has 1 heterocycles. The van der Waals surface area contributed by atoms with Gasteiger partial charge in [0.25, 0.3) is 0 Å². The van der Waals surface area contributed by atoms with Gasteiger partial charge in [-0.1, -0.05) is 19.3 Å². The van der Waals surface area contributed by atoms with Crippen LogP contribution < -0.4 is 4.72 Å². The predicted octanol–water partition coefficient (Wildman–Crippen LogP) is 3.51. The van der Waals surface area contributed by atoms with Gasteiger partial charge in [0.1, 0.15) is 0 Å². The number of hydrogen-bond acceptors (Lipinski definition) is 3. The summed E-state index contributed by atoms with van der Waals surface area (Å²) in [6.45, 7) is 0.408. The molecule has 1 aliphatic rings. The summed E-state index contributed by atoms with van der Waals surface area (Å²) in [5, 5.41) is 1.96. The first-order valence-corrected chi connectivity index (χ1v) is 9.58. The first-order valence-electron chi connectivity index (χ1n) is 6.25. The van der Waals surface area contributed by atoms with Crippen LogP contribution in [0.3, 0.4) is 0 Å². The number of hydrogen-bond donors (Lipinski definition) is 1. The van der Waals surface area contributed by atoms with E-state index in [4.69, 9.17) is 0 Å². The molecule has 0 saturated heterocycles. The average molecular weight is 352 g/mol. The normalized spacial score (nSPS) is 18.1. The molecule has 0 aromatic carbocycles. The lowest BCUT2D eigenvalue weighted by atomic mass is 9.91. The summed E-state index contributed by atoms with van der Waals surface area (Å²) in [5.41, 5.74) is 0. The number of rotatable bonds is 5. The third-order valence-electron chi connectivity index (χ3n) is 3.27. The molecule has 1 aliphatic carbocycles. The standard InChI is InChI=1S/C12H18BrNO2S2/c13-11-6-12(17-8-11)7-14-18(15,16)9-10-4-2-1-3-5-10/h6,8,10,14H,1-5,7,9H2. The molecule has 3 nitrogen and oxygen atoms in total. The molecule has 0 spiro atoms. The van der Waals surface area contributed by atoms with Gasteiger partial charge in [0.2, 0.25) is 10.0 Å². The van der Waals surface area contributed by atoms with Crippen molar-refractivity contribution < 1.29 is 8.42 Å². The molecule has 102 valence electrons. The van der Waals surface area contributed by atoms with E-state index in [-0.39, 0.29) is 0 Å². The first kappa shape index (κ1) is 14.5. The van der Waals surface area contributed by atoms with E-state index in [0.717, 1.165) is 22.2 Å². The third-order valence-corrected chi connectivity index (χ3v) is 6.46. The fraction of sp³-hybridized carbons (Fsp3) is 0.667. The van der Waals surface area contributed by atoms with Gasteiger partial charge in [-0.2, -0.15) is 0 Å². The lowest BCUT2D eigenvalue weighted by Gasteiger charge is -2.21. The zero-order valence-electron chi connectivity index (χ0n) is 10.2. The van der Waals surface area contributed by atoms with Gasteiger partial charge >= 0.3 is 0 Å². The Morgan fingerprint density at radius 2 is 2.06 bits per heavy atom. The predicted molar refractivity (Wildman–Crippen MR) is 79.2 cm³/mol. The summed E-state index contributed by atoms with van der Waals surface area (Å²) in [4.78, 5) is 1.04. The van der Waals surface area contributed by atoms with Gasteiger partial charge in [0, 0.05) is 21.3 Å². The molecule has 0 aliphatic heterocycles. The van der Waals surface area contributed by atoms with E-state index in [0.29, 0.717) is 18.2 Å². The van der Waals surface area contributed by atoms with Crippen LogP contribution in [0.5, 0.6) is 0 Å². The summed E-state index contributed by atoms with van der Waals surface area (Å²) < 4.78 is 27.6. The van der Waals surface area contributed by atoms with Gasteiger partial charge in [-0.3, -0.25) is 0 Å². The van der Waals surface area contributed by atoms with Crippen LogP contribution >= 0.6 is 27.3 Å². The Balaban J connectivity index is 1.83. The van der Waals surface area contributed by atoms with Gasteiger partial charge in [-0.25, -0.2) is 13.1 Å². The minimum Gasteiger partial charge on any atom is -0.212 e. The molecule has 0 unspecified atom stereocenters. The number of nitrogens with one attached hydrogen (secondary N) is 1. The smallest absolute Gasteiger partial charge is 0.212 e. The summed E-state index contributed by atoms with van der Waals surface area (Å²) >= 11 is 4.93. The molecule has 0 amide bonds. The van der Waals surface area contributed by atoms with Crippen molar-refractivity contribution in [1.82, 2.24) is 4.72 Å². The molecule has 1 aromatic rings. The fourth-order valence-electron chi connectivity index (χ4n) is 2.35. The van der Waals surface area contributed by atoms with Gasteiger partial charge < -0.3 is 0 Å². The van der Waals surface area contributed by atoms with Crippen LogP contribution in [0.2, 0.25) is 0 Å². The molecule has 6 heteroatoms. The van der Waals surface area contributed by atoms with Crippen molar-refractivity contribution in [3.05, 3.63) is 20.8 Å². The second-order valence-electron chi connectivity index (χ2n) is 4.84. The largest absolute Gasteiger partial charge is 0.212 e. The Morgan fingerprint density at radius 1 is 1.33 bits per heavy atom. The molecule has 0 bridgehead atoms. The van der Waals surface area contributed by atoms with E-state index < -0.39 is 10.0 Å². The van der Waals surface area contributed by atoms with Crippen molar-refractivity contribution in [2.45, 2.75) is 38.6 Å². The highest BCUT2D eigenvalue weighted by Gasteiger charge is 2.21. The Kier molecular flexibility index (Phi) is 5.24. The van der Waals surface area contributed by atoms with Crippen molar-refractivity contribution in [1.29, 1.82) is 0 Å². The van der Waals surface area contributed by atoms with Crippen molar-refractivity contribution >= 4 is 37.3 Å². The highest BCUT2D eigenvalue weighted by atomic mass is 79.9. The highest BCUT2D eigenvalue weighted by Crippen LogP contribution is 2.25. The second-order valence-corrected chi connectivity index (χ2v) is 8.60. The maximum atomic E-state index is 12.0. The lowest BCUT2D eigenvalue weighted by Crippen LogP contribution is -2.30. The summed E-state index contributed by atoms with van der Waals surface area (Å²) in [6.07, 6.45) is 5.74. The quantitative estimate of drug-likeness (QED) is 0.882. The van der Waals surface area contributed by atoms with E-state index in [1.807, 2.05) is 11.4 Å². The monoisotopic (exact) mass is 351 g/mol. The van der Waals surface area contributed by atoms with Crippen LogP contribution in [0.25, 0.3) is 0 Å². The number of halogens is 1. The molecule has 1 aromatic heterocycles. The Labute approximate surface area is 121 Å². The van der Waals surface area contributed by atoms with Gasteiger partial charge in [0.05, 0.1) is 5.75 Å². The molecular weight excluding hydrogens is 334 g/mol. The van der Waals surface area contributed by atoms with E-state index >= 15 is 0 Å². The number of thiophene rings is 1. The van der Waals surface area contributed by atoms with E-state index in [1.165, 1.54) is 19.3 Å². The lowest BCUT2D eigenvalue weighted by molar-refractivity contribution is 0.384. The maximum Gasteiger partial charge on any atom is 0.212 e. The van der Waals surface area contributed by atoms with Crippen molar-refractivity contribution in [3.8, 4) is 0 Å². The Bertz CT molecular complexity index is 478. The van der Waals surface area contributed by atoms with Crippen LogP contribution in [0.1, 0.15) is 37.0 Å². The molecule has 18 heavy (non-hydrogen) atoms. The van der Waals surface area contributed by atoms with Crippen LogP contribution in [-0.2, 0) is 16.6 Å². The second kappa shape index (κ2) is 6.50. The summed E-state index contributed by atoms with van der Waals surface area (Å²) in [5.74, 6) is 0.644. The van der Waals surface area contributed by atoms with Crippen LogP contribution in [0.15, 0.2) is 15.9 Å². The van der Waals surface area contributed by atoms with E-state index in [1.54, 1.807) is 11.3 Å². The van der Waals surface area contributed by atoms with Crippen LogP contribution in [0, 0.1) is 5.92 Å². The van der Waals surface area contributed by atoms with Gasteiger partial charge in [-0.15, -0.1) is 11.3 Å². The molecule has 1 saturated carbocycles. The van der Waals surface area contributed by atoms with Gasteiger partial charge in [0.15, 0.2) is 0 Å². The van der Waals surface area contributed by atoms with E-state index in [2.05, 4.69) is 20.7 Å². The average Bonchev–Trinajstić information content (AvgIpc) is 2.74. The summed E-state index contributed by atoms with van der Waals surface area (Å²) in [6, 6.07) is 1.95. The van der Waals surface area contributed by atoms with E-state index in [9.17, 15) is 8.42 Å². The first-order chi connectivity index (χ1) is 8.55. The third kappa shape index (κ3) is 4.64. The van der Waals surface area contributed by atoms with Crippen molar-refractivity contribution in [3.63, 3.8) is 0 Å². The molecule has 0 atom stereocenters. The maximum absolute atomic E-state index is 12.0. The Hall–Kier alpha value is 0.0900. The number of sulfonamides is 1. The summed E-state index contributed by atoms with van der Waals surface area (Å²) in [7, 11) is -3.13. The topological polar surface area (TPSA) is 46.2 Å². The van der Waals surface area contributed by atoms with Crippen molar-refractivity contribution in [2.75, 3.05) is 5.75 Å². The molecule has 0 radical (unpaired) electrons. The minimum atomic E-state index is -3.13. The molecule has 1 N–H and O–H groups in total. The van der Waals surface area contributed by atoms with Crippen molar-refractivity contribution in [2.24, 2.45) is 5.92 Å². The molecule has 2 rings (SSSR count). The Morgan fingerprint density at radius 3 is 2.67 bits per heavy atom. The molecular formula is C12H18BrNO2S2. The zero-order chi connectivity index (χ0) is 13.0. The fourth-order valence-corrected chi connectivity index (χ4v) is 5.28. The zero-order valence-corrected chi connectivity index (χ0v) is 13.4.